The van der Waals surface area contributed by atoms with E-state index in [1.807, 2.05) is 30.9 Å². The lowest BCUT2D eigenvalue weighted by Gasteiger charge is -2.37. The number of fused-ring (bicyclic) bond motifs is 1. The monoisotopic (exact) mass is 513 g/mol. The van der Waals surface area contributed by atoms with E-state index in [9.17, 15) is 9.59 Å². The van der Waals surface area contributed by atoms with Crippen LogP contribution in [0.15, 0.2) is 35.7 Å². The summed E-state index contributed by atoms with van der Waals surface area (Å²) in [6.07, 6.45) is 2.70. The third-order valence-corrected chi connectivity index (χ3v) is 7.84. The lowest BCUT2D eigenvalue weighted by Crippen LogP contribution is -2.52. The third-order valence-electron chi connectivity index (χ3n) is 6.84. The van der Waals surface area contributed by atoms with E-state index in [4.69, 9.17) is 9.47 Å². The summed E-state index contributed by atoms with van der Waals surface area (Å²) in [6, 6.07) is 9.87. The Morgan fingerprint density at radius 2 is 1.97 bits per heavy atom. The summed E-state index contributed by atoms with van der Waals surface area (Å²) in [5.74, 6) is 1.20. The fourth-order valence-electron chi connectivity index (χ4n) is 4.84. The normalized spacial score (nSPS) is 19.4. The van der Waals surface area contributed by atoms with Crippen LogP contribution in [0.4, 0.5) is 4.79 Å². The molecule has 1 aromatic heterocycles. The standard InChI is InChI=1S/C28H39N3O4S/c1-19(2)21-7-9-22(10-8-21)35-18-25-24-12-15-36-26(24)11-13-31(25)27(32)17-30(28(33)29-20(3)4)16-23-6-5-14-34-23/h7-10,12,15,19-20,23,25H,5-6,11,13-14,16-18H2,1-4H3,(H,29,33)/t23-,25-/m1/s1. The summed E-state index contributed by atoms with van der Waals surface area (Å²) in [5, 5.41) is 5.03. The molecule has 1 N–H and O–H groups in total. The number of rotatable bonds is 9. The highest BCUT2D eigenvalue weighted by Crippen LogP contribution is 2.34. The number of benzene rings is 1. The molecule has 0 bridgehead atoms. The first kappa shape index (κ1) is 26.5. The van der Waals surface area contributed by atoms with Crippen LogP contribution in [-0.2, 0) is 16.0 Å². The molecular weight excluding hydrogens is 474 g/mol. The van der Waals surface area contributed by atoms with E-state index in [1.54, 1.807) is 16.2 Å². The second-order valence-corrected chi connectivity index (χ2v) is 11.3. The predicted molar refractivity (Wildman–Crippen MR) is 143 cm³/mol. The van der Waals surface area contributed by atoms with Gasteiger partial charge in [-0.2, -0.15) is 0 Å². The zero-order chi connectivity index (χ0) is 25.7. The molecule has 2 aliphatic rings. The molecule has 0 spiro atoms. The molecule has 196 valence electrons. The molecule has 3 heterocycles. The number of nitrogens with one attached hydrogen (secondary N) is 1. The summed E-state index contributed by atoms with van der Waals surface area (Å²) in [7, 11) is 0. The highest BCUT2D eigenvalue weighted by Gasteiger charge is 2.34. The van der Waals surface area contributed by atoms with Gasteiger partial charge in [0.1, 0.15) is 18.9 Å². The van der Waals surface area contributed by atoms with Crippen molar-refractivity contribution in [2.75, 3.05) is 32.8 Å². The largest absolute Gasteiger partial charge is 0.491 e. The maximum absolute atomic E-state index is 13.7. The average Bonchev–Trinajstić information content (AvgIpc) is 3.54. The molecule has 2 aromatic rings. The molecule has 3 amide bonds. The Labute approximate surface area is 218 Å². The lowest BCUT2D eigenvalue weighted by atomic mass is 10.00. The molecule has 0 unspecified atom stereocenters. The zero-order valence-corrected chi connectivity index (χ0v) is 22.7. The molecule has 0 aliphatic carbocycles. The summed E-state index contributed by atoms with van der Waals surface area (Å²) in [6.45, 7) is 10.3. The number of nitrogens with zero attached hydrogens (tertiary/aromatic N) is 2. The van der Waals surface area contributed by atoms with E-state index < -0.39 is 0 Å². The van der Waals surface area contributed by atoms with E-state index in [1.165, 1.54) is 10.4 Å². The van der Waals surface area contributed by atoms with Crippen LogP contribution in [0.1, 0.15) is 68.5 Å². The maximum atomic E-state index is 13.7. The quantitative estimate of drug-likeness (QED) is 0.514. The number of thiophene rings is 1. The average molecular weight is 514 g/mol. The van der Waals surface area contributed by atoms with E-state index in [-0.39, 0.29) is 36.7 Å². The van der Waals surface area contributed by atoms with Crippen molar-refractivity contribution < 1.29 is 19.1 Å². The van der Waals surface area contributed by atoms with Crippen LogP contribution in [-0.4, -0.2) is 66.7 Å². The molecule has 4 rings (SSSR count). The lowest BCUT2D eigenvalue weighted by molar-refractivity contribution is -0.135. The fraction of sp³-hybridized carbons (Fsp3) is 0.571. The number of hydrogen-bond donors (Lipinski definition) is 1. The molecule has 1 aromatic carbocycles. The van der Waals surface area contributed by atoms with Gasteiger partial charge in [0.05, 0.1) is 12.1 Å². The topological polar surface area (TPSA) is 71.1 Å². The maximum Gasteiger partial charge on any atom is 0.318 e. The summed E-state index contributed by atoms with van der Waals surface area (Å²) in [5.41, 5.74) is 2.42. The number of amides is 3. The van der Waals surface area contributed by atoms with Crippen LogP contribution >= 0.6 is 11.3 Å². The van der Waals surface area contributed by atoms with Crippen LogP contribution in [0, 0.1) is 0 Å². The van der Waals surface area contributed by atoms with Crippen molar-refractivity contribution in [1.82, 2.24) is 15.1 Å². The van der Waals surface area contributed by atoms with Gasteiger partial charge < -0.3 is 24.6 Å². The first-order valence-electron chi connectivity index (χ1n) is 13.1. The summed E-state index contributed by atoms with van der Waals surface area (Å²) < 4.78 is 12.0. The van der Waals surface area contributed by atoms with Crippen LogP contribution in [0.25, 0.3) is 0 Å². The number of hydrogen-bond acceptors (Lipinski definition) is 5. The van der Waals surface area contributed by atoms with Crippen molar-refractivity contribution in [2.45, 2.75) is 71.1 Å². The predicted octanol–water partition coefficient (Wildman–Crippen LogP) is 4.98. The van der Waals surface area contributed by atoms with Gasteiger partial charge in [0.15, 0.2) is 0 Å². The highest BCUT2D eigenvalue weighted by atomic mass is 32.1. The van der Waals surface area contributed by atoms with Gasteiger partial charge in [-0.1, -0.05) is 26.0 Å². The van der Waals surface area contributed by atoms with Gasteiger partial charge in [0.2, 0.25) is 5.91 Å². The van der Waals surface area contributed by atoms with Gasteiger partial charge in [-0.25, -0.2) is 4.79 Å². The van der Waals surface area contributed by atoms with Crippen molar-refractivity contribution in [3.05, 3.63) is 51.7 Å². The van der Waals surface area contributed by atoms with Gasteiger partial charge in [0.25, 0.3) is 0 Å². The van der Waals surface area contributed by atoms with E-state index in [0.29, 0.717) is 32.2 Å². The Hall–Kier alpha value is -2.58. The second-order valence-electron chi connectivity index (χ2n) is 10.3. The number of carbonyl (C=O) groups excluding carboxylic acids is 2. The SMILES string of the molecule is CC(C)NC(=O)N(CC(=O)N1CCc2sccc2[C@H]1COc1ccc(C(C)C)cc1)C[C@H]1CCCO1. The smallest absolute Gasteiger partial charge is 0.318 e. The highest BCUT2D eigenvalue weighted by molar-refractivity contribution is 7.10. The molecule has 8 heteroatoms. The number of ether oxygens (including phenoxy) is 2. The first-order chi connectivity index (χ1) is 17.3. The molecule has 2 aliphatic heterocycles. The van der Waals surface area contributed by atoms with Gasteiger partial charge in [0, 0.05) is 30.6 Å². The number of urea groups is 1. The summed E-state index contributed by atoms with van der Waals surface area (Å²) in [4.78, 5) is 31.4. The first-order valence-corrected chi connectivity index (χ1v) is 13.9. The van der Waals surface area contributed by atoms with Crippen molar-refractivity contribution in [3.8, 4) is 5.75 Å². The molecule has 7 nitrogen and oxygen atoms in total. The Balaban J connectivity index is 1.47. The molecule has 0 radical (unpaired) electrons. The Morgan fingerprint density at radius 3 is 2.64 bits per heavy atom. The van der Waals surface area contributed by atoms with Crippen molar-refractivity contribution >= 4 is 23.3 Å². The van der Waals surface area contributed by atoms with Gasteiger partial charge in [-0.05, 0) is 73.7 Å². The van der Waals surface area contributed by atoms with Crippen LogP contribution in [0.3, 0.4) is 0 Å². The molecule has 2 atom stereocenters. The number of carbonyl (C=O) groups is 2. The van der Waals surface area contributed by atoms with Gasteiger partial charge in [-0.3, -0.25) is 4.79 Å². The molecule has 1 fully saturated rings. The third kappa shape index (κ3) is 6.59. The summed E-state index contributed by atoms with van der Waals surface area (Å²) >= 11 is 1.73. The van der Waals surface area contributed by atoms with Crippen molar-refractivity contribution in [1.29, 1.82) is 0 Å². The van der Waals surface area contributed by atoms with Gasteiger partial charge in [-0.15, -0.1) is 11.3 Å². The van der Waals surface area contributed by atoms with Crippen molar-refractivity contribution in [2.24, 2.45) is 0 Å². The Bertz CT molecular complexity index is 1010. The Kier molecular flexibility index (Phi) is 8.90. The van der Waals surface area contributed by atoms with Crippen LogP contribution < -0.4 is 10.1 Å². The molecular formula is C28H39N3O4S. The molecule has 1 saturated heterocycles. The van der Waals surface area contributed by atoms with Crippen LogP contribution in [0.2, 0.25) is 0 Å². The van der Waals surface area contributed by atoms with E-state index in [2.05, 4.69) is 42.7 Å². The van der Waals surface area contributed by atoms with E-state index >= 15 is 0 Å². The minimum atomic E-state index is -0.222. The minimum absolute atomic E-state index is 0.00816. The fourth-order valence-corrected chi connectivity index (χ4v) is 5.77. The second kappa shape index (κ2) is 12.1. The molecule has 36 heavy (non-hydrogen) atoms. The Morgan fingerprint density at radius 1 is 1.19 bits per heavy atom. The van der Waals surface area contributed by atoms with Gasteiger partial charge >= 0.3 is 6.03 Å². The molecule has 0 saturated carbocycles. The van der Waals surface area contributed by atoms with Crippen LogP contribution in [0.5, 0.6) is 5.75 Å². The minimum Gasteiger partial charge on any atom is -0.491 e. The van der Waals surface area contributed by atoms with E-state index in [0.717, 1.165) is 30.6 Å². The van der Waals surface area contributed by atoms with Crippen molar-refractivity contribution in [3.63, 3.8) is 0 Å². The zero-order valence-electron chi connectivity index (χ0n) is 21.9.